The lowest BCUT2D eigenvalue weighted by Gasteiger charge is -2.31. The molecule has 1 amide bonds. The summed E-state index contributed by atoms with van der Waals surface area (Å²) in [5, 5.41) is 9.13. The molecule has 1 fully saturated rings. The van der Waals surface area contributed by atoms with E-state index in [9.17, 15) is 14.7 Å². The molecule has 1 aromatic rings. The maximum atomic E-state index is 12.5. The molecule has 0 bridgehead atoms. The van der Waals surface area contributed by atoms with Crippen LogP contribution < -0.4 is 0 Å². The molecule has 2 rings (SSSR count). The Morgan fingerprint density at radius 1 is 1.33 bits per heavy atom. The monoisotopic (exact) mass is 307 g/mol. The first-order chi connectivity index (χ1) is 9.91. The molecule has 4 nitrogen and oxygen atoms in total. The van der Waals surface area contributed by atoms with E-state index >= 15 is 0 Å². The van der Waals surface area contributed by atoms with Crippen molar-refractivity contribution in [2.45, 2.75) is 43.9 Å². The predicted molar refractivity (Wildman–Crippen MR) is 84.0 cm³/mol. The number of carboxylic acids is 1. The van der Waals surface area contributed by atoms with E-state index in [1.807, 2.05) is 51.1 Å². The van der Waals surface area contributed by atoms with Gasteiger partial charge in [-0.25, -0.2) is 4.79 Å². The Labute approximate surface area is 129 Å². The number of carbonyl (C=O) groups is 2. The molecule has 0 saturated carbocycles. The van der Waals surface area contributed by atoms with Gasteiger partial charge in [0.25, 0.3) is 0 Å². The second-order valence-electron chi connectivity index (χ2n) is 5.77. The molecule has 0 aromatic heterocycles. The fourth-order valence-corrected chi connectivity index (χ4v) is 3.92. The van der Waals surface area contributed by atoms with E-state index in [0.717, 1.165) is 5.56 Å². The van der Waals surface area contributed by atoms with E-state index in [1.54, 1.807) is 4.90 Å². The van der Waals surface area contributed by atoms with Gasteiger partial charge in [0.15, 0.2) is 0 Å². The maximum absolute atomic E-state index is 12.5. The van der Waals surface area contributed by atoms with Gasteiger partial charge in [-0.05, 0) is 24.8 Å². The summed E-state index contributed by atoms with van der Waals surface area (Å²) in [6.45, 7) is 5.80. The van der Waals surface area contributed by atoms with E-state index in [4.69, 9.17) is 0 Å². The first kappa shape index (κ1) is 15.9. The first-order valence-corrected chi connectivity index (χ1v) is 8.11. The zero-order valence-corrected chi connectivity index (χ0v) is 13.3. The van der Waals surface area contributed by atoms with Crippen LogP contribution >= 0.6 is 11.8 Å². The molecule has 0 radical (unpaired) electrons. The molecule has 21 heavy (non-hydrogen) atoms. The molecule has 1 heterocycles. The summed E-state index contributed by atoms with van der Waals surface area (Å²) in [4.78, 5) is 25.7. The van der Waals surface area contributed by atoms with Crippen LogP contribution in [-0.4, -0.2) is 33.2 Å². The third-order valence-corrected chi connectivity index (χ3v) is 4.96. The van der Waals surface area contributed by atoms with Crippen molar-refractivity contribution < 1.29 is 14.7 Å². The van der Waals surface area contributed by atoms with Gasteiger partial charge < -0.3 is 10.0 Å². The van der Waals surface area contributed by atoms with Crippen molar-refractivity contribution in [2.75, 3.05) is 0 Å². The van der Waals surface area contributed by atoms with Gasteiger partial charge in [-0.2, -0.15) is 0 Å². The third-order valence-electron chi connectivity index (χ3n) is 3.59. The van der Waals surface area contributed by atoms with Crippen LogP contribution in [0.1, 0.15) is 38.1 Å². The van der Waals surface area contributed by atoms with Crippen LogP contribution in [0.25, 0.3) is 0 Å². The van der Waals surface area contributed by atoms with Gasteiger partial charge in [0.1, 0.15) is 11.4 Å². The smallest absolute Gasteiger partial charge is 0.326 e. The van der Waals surface area contributed by atoms with Crippen LogP contribution in [0.15, 0.2) is 30.3 Å². The molecule has 3 unspecified atom stereocenters. The lowest BCUT2D eigenvalue weighted by molar-refractivity contribution is -0.150. The second-order valence-corrected chi connectivity index (χ2v) is 7.20. The summed E-state index contributed by atoms with van der Waals surface area (Å²) in [6, 6.07) is 8.88. The highest BCUT2D eigenvalue weighted by Gasteiger charge is 2.44. The van der Waals surface area contributed by atoms with E-state index in [1.165, 1.54) is 11.8 Å². The largest absolute Gasteiger partial charge is 0.480 e. The molecule has 3 atom stereocenters. The van der Waals surface area contributed by atoms with Crippen molar-refractivity contribution in [3.63, 3.8) is 0 Å². The lowest BCUT2D eigenvalue weighted by Crippen LogP contribution is -2.45. The maximum Gasteiger partial charge on any atom is 0.326 e. The van der Waals surface area contributed by atoms with Gasteiger partial charge in [-0.1, -0.05) is 44.2 Å². The lowest BCUT2D eigenvalue weighted by atomic mass is 10.0. The third kappa shape index (κ3) is 3.40. The molecule has 1 saturated heterocycles. The topological polar surface area (TPSA) is 57.6 Å². The van der Waals surface area contributed by atoms with Crippen molar-refractivity contribution in [1.82, 2.24) is 4.90 Å². The zero-order valence-electron chi connectivity index (χ0n) is 12.5. The molecule has 114 valence electrons. The summed E-state index contributed by atoms with van der Waals surface area (Å²) < 4.78 is 0. The standard InChI is InChI=1S/C16H21NO3S/c1-10(2)9-13(16(19)20)17-14(18)11(3)21-15(17)12-7-5-4-6-8-12/h4-8,10-11,13,15H,9H2,1-3H3,(H,19,20). The summed E-state index contributed by atoms with van der Waals surface area (Å²) in [7, 11) is 0. The number of carboxylic acid groups (broad SMARTS) is 1. The van der Waals surface area contributed by atoms with E-state index in [2.05, 4.69) is 0 Å². The number of benzene rings is 1. The van der Waals surface area contributed by atoms with Gasteiger partial charge in [-0.15, -0.1) is 11.8 Å². The molecule has 1 aliphatic rings. The molecule has 1 N–H and O–H groups in total. The molecule has 0 spiro atoms. The minimum Gasteiger partial charge on any atom is -0.480 e. The van der Waals surface area contributed by atoms with Gasteiger partial charge >= 0.3 is 5.97 Å². The molecule has 1 aromatic carbocycles. The predicted octanol–water partition coefficient (Wildman–Crippen LogP) is 3.15. The highest BCUT2D eigenvalue weighted by molar-refractivity contribution is 8.01. The molecule has 1 aliphatic heterocycles. The van der Waals surface area contributed by atoms with E-state index < -0.39 is 12.0 Å². The summed E-state index contributed by atoms with van der Waals surface area (Å²) >= 11 is 1.52. The van der Waals surface area contributed by atoms with Gasteiger partial charge in [0, 0.05) is 0 Å². The minimum absolute atomic E-state index is 0.0816. The Kier molecular flexibility index (Phi) is 4.93. The zero-order chi connectivity index (χ0) is 15.6. The quantitative estimate of drug-likeness (QED) is 0.908. The van der Waals surface area contributed by atoms with Crippen LogP contribution in [0.5, 0.6) is 0 Å². The number of carbonyl (C=O) groups excluding carboxylic acids is 1. The molecule has 5 heteroatoms. The SMILES string of the molecule is CC(C)CC(C(=O)O)N1C(=O)C(C)SC1c1ccccc1. The van der Waals surface area contributed by atoms with Crippen molar-refractivity contribution >= 4 is 23.6 Å². The van der Waals surface area contributed by atoms with Crippen molar-refractivity contribution in [3.05, 3.63) is 35.9 Å². The highest BCUT2D eigenvalue weighted by atomic mass is 32.2. The van der Waals surface area contributed by atoms with Crippen LogP contribution in [0.4, 0.5) is 0 Å². The highest BCUT2D eigenvalue weighted by Crippen LogP contribution is 2.44. The Hall–Kier alpha value is -1.49. The first-order valence-electron chi connectivity index (χ1n) is 7.17. The average molecular weight is 307 g/mol. The van der Waals surface area contributed by atoms with Crippen LogP contribution in [0.3, 0.4) is 0 Å². The number of amides is 1. The van der Waals surface area contributed by atoms with Gasteiger partial charge in [0.05, 0.1) is 5.25 Å². The normalized spacial score (nSPS) is 23.6. The molecular formula is C16H21NO3S. The Morgan fingerprint density at radius 2 is 1.95 bits per heavy atom. The number of rotatable bonds is 5. The summed E-state index contributed by atoms with van der Waals surface area (Å²) in [6.07, 6.45) is 0.470. The fourth-order valence-electron chi connectivity index (χ4n) is 2.60. The number of hydrogen-bond acceptors (Lipinski definition) is 3. The Bertz CT molecular complexity index is 518. The van der Waals surface area contributed by atoms with Crippen molar-refractivity contribution in [3.8, 4) is 0 Å². The Morgan fingerprint density at radius 3 is 2.48 bits per heavy atom. The van der Waals surface area contributed by atoms with Crippen molar-refractivity contribution in [2.24, 2.45) is 5.92 Å². The number of hydrogen-bond donors (Lipinski definition) is 1. The van der Waals surface area contributed by atoms with E-state index in [-0.39, 0.29) is 22.4 Å². The Balaban J connectivity index is 2.35. The van der Waals surface area contributed by atoms with Crippen LogP contribution in [0, 0.1) is 5.92 Å². The van der Waals surface area contributed by atoms with Crippen molar-refractivity contribution in [1.29, 1.82) is 0 Å². The summed E-state index contributed by atoms with van der Waals surface area (Å²) in [5.74, 6) is -0.786. The van der Waals surface area contributed by atoms with Gasteiger partial charge in [-0.3, -0.25) is 4.79 Å². The fraction of sp³-hybridized carbons (Fsp3) is 0.500. The molecular weight excluding hydrogens is 286 g/mol. The number of thioether (sulfide) groups is 1. The van der Waals surface area contributed by atoms with Gasteiger partial charge in [0.2, 0.25) is 5.91 Å². The average Bonchev–Trinajstić information content (AvgIpc) is 2.73. The molecule has 0 aliphatic carbocycles. The van der Waals surface area contributed by atoms with E-state index in [0.29, 0.717) is 6.42 Å². The summed E-state index contributed by atoms with van der Waals surface area (Å²) in [5.41, 5.74) is 0.982. The number of nitrogens with zero attached hydrogens (tertiary/aromatic N) is 1. The number of aliphatic carboxylic acids is 1. The van der Waals surface area contributed by atoms with Crippen LogP contribution in [0.2, 0.25) is 0 Å². The minimum atomic E-state index is -0.923. The van der Waals surface area contributed by atoms with Crippen LogP contribution in [-0.2, 0) is 9.59 Å². The second kappa shape index (κ2) is 6.52.